The minimum Gasteiger partial charge on any atom is -0.388 e. The Hall–Kier alpha value is -1.88. The highest BCUT2D eigenvalue weighted by molar-refractivity contribution is 5.39. The monoisotopic (exact) mass is 221 g/mol. The largest absolute Gasteiger partial charge is 0.388 e. The second-order valence-electron chi connectivity index (χ2n) is 3.59. The molecule has 1 aromatic heterocycles. The molecule has 4 nitrogen and oxygen atoms in total. The third kappa shape index (κ3) is 2.20. The lowest BCUT2D eigenvalue weighted by molar-refractivity contribution is 0.179. The summed E-state index contributed by atoms with van der Waals surface area (Å²) in [6.45, 7) is 0. The van der Waals surface area contributed by atoms with Gasteiger partial charge in [-0.15, -0.1) is 0 Å². The smallest absolute Gasteiger partial charge is 0.124 e. The maximum Gasteiger partial charge on any atom is 0.124 e. The van der Waals surface area contributed by atoms with E-state index < -0.39 is 6.10 Å². The third-order valence-electron chi connectivity index (χ3n) is 2.40. The van der Waals surface area contributed by atoms with E-state index in [-0.39, 0.29) is 5.82 Å². The number of hydrogen-bond donors (Lipinski definition) is 3. The van der Waals surface area contributed by atoms with Crippen LogP contribution in [-0.2, 0) is 6.42 Å². The number of aromatic amines is 1. The predicted molar refractivity (Wildman–Crippen MR) is 58.1 cm³/mol. The standard InChI is InChI=1S/C11H12FN3O/c12-8-3-1-7(2-4-8)5-10(16)9-6-14-15-11(9)13/h1-4,6,10,16H,5H2,(H3,13,14,15). The van der Waals surface area contributed by atoms with E-state index in [0.717, 1.165) is 5.56 Å². The van der Waals surface area contributed by atoms with Gasteiger partial charge in [0.05, 0.1) is 12.3 Å². The van der Waals surface area contributed by atoms with Gasteiger partial charge in [-0.25, -0.2) is 4.39 Å². The van der Waals surface area contributed by atoms with E-state index in [4.69, 9.17) is 5.73 Å². The normalized spacial score (nSPS) is 12.6. The Kier molecular flexibility index (Phi) is 2.87. The zero-order chi connectivity index (χ0) is 11.5. The minimum atomic E-state index is -0.732. The summed E-state index contributed by atoms with van der Waals surface area (Å²) in [5, 5.41) is 16.2. The molecular weight excluding hydrogens is 209 g/mol. The number of rotatable bonds is 3. The number of nitrogen functional groups attached to an aromatic ring is 1. The van der Waals surface area contributed by atoms with Crippen molar-refractivity contribution in [3.05, 3.63) is 47.4 Å². The molecular formula is C11H12FN3O. The summed E-state index contributed by atoms with van der Waals surface area (Å²) in [5.41, 5.74) is 6.98. The molecule has 16 heavy (non-hydrogen) atoms. The molecule has 2 rings (SSSR count). The highest BCUT2D eigenvalue weighted by atomic mass is 19.1. The zero-order valence-electron chi connectivity index (χ0n) is 8.52. The lowest BCUT2D eigenvalue weighted by Gasteiger charge is -2.09. The summed E-state index contributed by atoms with van der Waals surface area (Å²) >= 11 is 0. The Morgan fingerprint density at radius 1 is 1.38 bits per heavy atom. The lowest BCUT2D eigenvalue weighted by atomic mass is 10.0. The Bertz CT molecular complexity index is 466. The first-order valence-corrected chi connectivity index (χ1v) is 4.88. The van der Waals surface area contributed by atoms with Crippen LogP contribution in [0.15, 0.2) is 30.5 Å². The average Bonchev–Trinajstić information content (AvgIpc) is 2.68. The molecule has 84 valence electrons. The van der Waals surface area contributed by atoms with Crippen LogP contribution in [-0.4, -0.2) is 15.3 Å². The van der Waals surface area contributed by atoms with Crippen molar-refractivity contribution in [3.8, 4) is 0 Å². The van der Waals surface area contributed by atoms with E-state index >= 15 is 0 Å². The van der Waals surface area contributed by atoms with Gasteiger partial charge in [-0.2, -0.15) is 5.10 Å². The van der Waals surface area contributed by atoms with E-state index in [2.05, 4.69) is 10.2 Å². The second-order valence-corrected chi connectivity index (χ2v) is 3.59. The van der Waals surface area contributed by atoms with Crippen molar-refractivity contribution >= 4 is 5.82 Å². The first-order valence-electron chi connectivity index (χ1n) is 4.88. The highest BCUT2D eigenvalue weighted by Crippen LogP contribution is 2.21. The molecule has 1 atom stereocenters. The molecule has 0 fully saturated rings. The molecule has 2 aromatic rings. The number of nitrogens with two attached hydrogens (primary N) is 1. The fraction of sp³-hybridized carbons (Fsp3) is 0.182. The Morgan fingerprint density at radius 3 is 2.62 bits per heavy atom. The van der Waals surface area contributed by atoms with Crippen LogP contribution in [0.2, 0.25) is 0 Å². The quantitative estimate of drug-likeness (QED) is 0.733. The number of aliphatic hydroxyl groups is 1. The third-order valence-corrected chi connectivity index (χ3v) is 2.40. The number of H-pyrrole nitrogens is 1. The van der Waals surface area contributed by atoms with Gasteiger partial charge in [0.15, 0.2) is 0 Å². The van der Waals surface area contributed by atoms with Gasteiger partial charge in [-0.3, -0.25) is 5.10 Å². The van der Waals surface area contributed by atoms with Crippen molar-refractivity contribution in [2.45, 2.75) is 12.5 Å². The summed E-state index contributed by atoms with van der Waals surface area (Å²) in [5.74, 6) is 0.0654. The van der Waals surface area contributed by atoms with Gasteiger partial charge in [-0.1, -0.05) is 12.1 Å². The topological polar surface area (TPSA) is 74.9 Å². The summed E-state index contributed by atoms with van der Waals surface area (Å²) in [6.07, 6.45) is 1.14. The zero-order valence-corrected chi connectivity index (χ0v) is 8.52. The molecule has 1 aromatic carbocycles. The summed E-state index contributed by atoms with van der Waals surface area (Å²) < 4.78 is 12.7. The van der Waals surface area contributed by atoms with Crippen molar-refractivity contribution in [2.75, 3.05) is 5.73 Å². The molecule has 0 spiro atoms. The molecule has 4 N–H and O–H groups in total. The van der Waals surface area contributed by atoms with E-state index in [1.54, 1.807) is 12.1 Å². The molecule has 0 saturated carbocycles. The number of halogens is 1. The van der Waals surface area contributed by atoms with Crippen molar-refractivity contribution in [1.82, 2.24) is 10.2 Å². The lowest BCUT2D eigenvalue weighted by Crippen LogP contribution is -2.03. The number of aromatic nitrogens is 2. The van der Waals surface area contributed by atoms with Gasteiger partial charge in [0.1, 0.15) is 11.6 Å². The van der Waals surface area contributed by atoms with E-state index in [0.29, 0.717) is 17.8 Å². The molecule has 5 heteroatoms. The highest BCUT2D eigenvalue weighted by Gasteiger charge is 2.13. The fourth-order valence-corrected chi connectivity index (χ4v) is 1.52. The van der Waals surface area contributed by atoms with Gasteiger partial charge < -0.3 is 10.8 Å². The van der Waals surface area contributed by atoms with Crippen molar-refractivity contribution in [3.63, 3.8) is 0 Å². The van der Waals surface area contributed by atoms with Crippen molar-refractivity contribution in [1.29, 1.82) is 0 Å². The summed E-state index contributed by atoms with van der Waals surface area (Å²) in [7, 11) is 0. The summed E-state index contributed by atoms with van der Waals surface area (Å²) in [4.78, 5) is 0. The number of benzene rings is 1. The SMILES string of the molecule is Nc1[nH]ncc1C(O)Cc1ccc(F)cc1. The first-order chi connectivity index (χ1) is 7.66. The van der Waals surface area contributed by atoms with Crippen LogP contribution in [0, 0.1) is 5.82 Å². The molecule has 0 amide bonds. The maximum atomic E-state index is 12.7. The van der Waals surface area contributed by atoms with Crippen molar-refractivity contribution < 1.29 is 9.50 Å². The molecule has 0 bridgehead atoms. The fourth-order valence-electron chi connectivity index (χ4n) is 1.52. The molecule has 1 unspecified atom stereocenters. The van der Waals surface area contributed by atoms with Crippen LogP contribution in [0.4, 0.5) is 10.2 Å². The van der Waals surface area contributed by atoms with E-state index in [9.17, 15) is 9.50 Å². The number of hydrogen-bond acceptors (Lipinski definition) is 3. The average molecular weight is 221 g/mol. The number of anilines is 1. The van der Waals surface area contributed by atoms with Crippen LogP contribution in [0.1, 0.15) is 17.2 Å². The number of nitrogens with one attached hydrogen (secondary N) is 1. The van der Waals surface area contributed by atoms with Crippen LogP contribution >= 0.6 is 0 Å². The molecule has 1 heterocycles. The Labute approximate surface area is 91.9 Å². The molecule has 0 saturated heterocycles. The number of aliphatic hydroxyl groups excluding tert-OH is 1. The minimum absolute atomic E-state index is 0.291. The molecule has 0 radical (unpaired) electrons. The Balaban J connectivity index is 2.10. The van der Waals surface area contributed by atoms with Crippen molar-refractivity contribution in [2.24, 2.45) is 0 Å². The van der Waals surface area contributed by atoms with Gasteiger partial charge in [0, 0.05) is 12.0 Å². The van der Waals surface area contributed by atoms with Crippen LogP contribution in [0.25, 0.3) is 0 Å². The first kappa shape index (κ1) is 10.6. The van der Waals surface area contributed by atoms with Gasteiger partial charge >= 0.3 is 0 Å². The van der Waals surface area contributed by atoms with E-state index in [1.165, 1.54) is 18.3 Å². The molecule has 0 aliphatic heterocycles. The Morgan fingerprint density at radius 2 is 2.06 bits per heavy atom. The number of nitrogens with zero attached hydrogens (tertiary/aromatic N) is 1. The second kappa shape index (κ2) is 4.32. The van der Waals surface area contributed by atoms with Gasteiger partial charge in [-0.05, 0) is 17.7 Å². The van der Waals surface area contributed by atoms with Crippen LogP contribution in [0.3, 0.4) is 0 Å². The van der Waals surface area contributed by atoms with Gasteiger partial charge in [0.2, 0.25) is 0 Å². The summed E-state index contributed by atoms with van der Waals surface area (Å²) in [6, 6.07) is 5.99. The van der Waals surface area contributed by atoms with E-state index in [1.807, 2.05) is 0 Å². The van der Waals surface area contributed by atoms with Crippen LogP contribution < -0.4 is 5.73 Å². The molecule has 0 aliphatic carbocycles. The molecule has 0 aliphatic rings. The maximum absolute atomic E-state index is 12.7. The predicted octanol–water partition coefficient (Wildman–Crippen LogP) is 1.41. The van der Waals surface area contributed by atoms with Gasteiger partial charge in [0.25, 0.3) is 0 Å². The van der Waals surface area contributed by atoms with Crippen LogP contribution in [0.5, 0.6) is 0 Å².